The minimum Gasteiger partial charge on any atom is -0.340 e. The van der Waals surface area contributed by atoms with Gasteiger partial charge in [-0.15, -0.1) is 0 Å². The molecule has 2 fully saturated rings. The first kappa shape index (κ1) is 13.1. The first-order chi connectivity index (χ1) is 8.93. The van der Waals surface area contributed by atoms with Gasteiger partial charge in [-0.1, -0.05) is 25.9 Å². The minimum absolute atomic E-state index is 0.449. The Morgan fingerprint density at radius 2 is 2.16 bits per heavy atom. The second-order valence-electron chi connectivity index (χ2n) is 7.10. The van der Waals surface area contributed by atoms with Crippen molar-refractivity contribution >= 4 is 0 Å². The minimum atomic E-state index is 0.449. The molecule has 0 saturated heterocycles. The summed E-state index contributed by atoms with van der Waals surface area (Å²) in [6.45, 7) is 10.2. The standard InChI is InChI=1S/C15H25N3O/c1-10-17-13(18-19-10)6-8-16-12-9-11-5-7-15(12,4)14(11,2)3/h11-12,16H,5-9H2,1-4H3. The van der Waals surface area contributed by atoms with Crippen molar-refractivity contribution in [2.45, 2.75) is 59.4 Å². The largest absolute Gasteiger partial charge is 0.340 e. The first-order valence-electron chi connectivity index (χ1n) is 7.46. The Kier molecular flexibility index (Phi) is 2.97. The maximum absolute atomic E-state index is 5.00. The third kappa shape index (κ3) is 1.92. The highest BCUT2D eigenvalue weighted by molar-refractivity contribution is 5.13. The lowest BCUT2D eigenvalue weighted by molar-refractivity contribution is 0.121. The number of nitrogens with one attached hydrogen (secondary N) is 1. The van der Waals surface area contributed by atoms with Gasteiger partial charge in [-0.2, -0.15) is 4.98 Å². The zero-order valence-electron chi connectivity index (χ0n) is 12.5. The number of fused-ring (bicyclic) bond motifs is 2. The molecule has 3 rings (SSSR count). The maximum atomic E-state index is 5.00. The molecule has 3 unspecified atom stereocenters. The van der Waals surface area contributed by atoms with Crippen LogP contribution in [0.25, 0.3) is 0 Å². The van der Waals surface area contributed by atoms with E-state index in [1.807, 2.05) is 6.92 Å². The molecule has 106 valence electrons. The Morgan fingerprint density at radius 1 is 1.37 bits per heavy atom. The quantitative estimate of drug-likeness (QED) is 0.907. The van der Waals surface area contributed by atoms with E-state index in [2.05, 4.69) is 36.2 Å². The molecule has 0 amide bonds. The molecule has 1 N–H and O–H groups in total. The second kappa shape index (κ2) is 4.30. The fourth-order valence-electron chi connectivity index (χ4n) is 4.31. The maximum Gasteiger partial charge on any atom is 0.223 e. The van der Waals surface area contributed by atoms with Crippen LogP contribution in [0.4, 0.5) is 0 Å². The van der Waals surface area contributed by atoms with E-state index in [-0.39, 0.29) is 0 Å². The highest BCUT2D eigenvalue weighted by Crippen LogP contribution is 2.65. The highest BCUT2D eigenvalue weighted by atomic mass is 16.5. The zero-order valence-corrected chi connectivity index (χ0v) is 12.5. The molecule has 4 nitrogen and oxygen atoms in total. The van der Waals surface area contributed by atoms with Gasteiger partial charge in [-0.25, -0.2) is 0 Å². The molecule has 1 aromatic rings. The van der Waals surface area contributed by atoms with Crippen LogP contribution < -0.4 is 5.32 Å². The van der Waals surface area contributed by atoms with E-state index in [1.54, 1.807) is 0 Å². The van der Waals surface area contributed by atoms with E-state index in [0.717, 1.165) is 24.7 Å². The van der Waals surface area contributed by atoms with Gasteiger partial charge in [-0.05, 0) is 36.0 Å². The fraction of sp³-hybridized carbons (Fsp3) is 0.867. The molecule has 2 aliphatic rings. The van der Waals surface area contributed by atoms with Crippen LogP contribution >= 0.6 is 0 Å². The van der Waals surface area contributed by atoms with Crippen LogP contribution in [0.2, 0.25) is 0 Å². The molecule has 1 aromatic heterocycles. The number of rotatable bonds is 4. The van der Waals surface area contributed by atoms with Crippen molar-refractivity contribution in [3.63, 3.8) is 0 Å². The lowest BCUT2D eigenvalue weighted by atomic mass is 9.69. The molecule has 2 saturated carbocycles. The fourth-order valence-corrected chi connectivity index (χ4v) is 4.31. The van der Waals surface area contributed by atoms with Crippen LogP contribution in [0, 0.1) is 23.7 Å². The molecule has 0 aliphatic heterocycles. The number of aryl methyl sites for hydroxylation is 1. The summed E-state index contributed by atoms with van der Waals surface area (Å²) in [7, 11) is 0. The van der Waals surface area contributed by atoms with Crippen molar-refractivity contribution in [2.75, 3.05) is 6.54 Å². The van der Waals surface area contributed by atoms with E-state index in [4.69, 9.17) is 4.52 Å². The van der Waals surface area contributed by atoms with Crippen LogP contribution in [0.1, 0.15) is 51.7 Å². The average Bonchev–Trinajstić information content (AvgIpc) is 2.90. The molecular formula is C15H25N3O. The lowest BCUT2D eigenvalue weighted by Crippen LogP contribution is -2.45. The van der Waals surface area contributed by atoms with Gasteiger partial charge in [-0.3, -0.25) is 0 Å². The van der Waals surface area contributed by atoms with Crippen molar-refractivity contribution in [3.05, 3.63) is 11.7 Å². The van der Waals surface area contributed by atoms with E-state index in [1.165, 1.54) is 19.3 Å². The SMILES string of the molecule is Cc1nc(CCNC2CC3CCC2(C)C3(C)C)no1. The number of hydrogen-bond donors (Lipinski definition) is 1. The van der Waals surface area contributed by atoms with Gasteiger partial charge in [0.2, 0.25) is 5.89 Å². The van der Waals surface area contributed by atoms with Gasteiger partial charge in [0.25, 0.3) is 0 Å². The summed E-state index contributed by atoms with van der Waals surface area (Å²) in [4.78, 5) is 4.25. The number of hydrogen-bond acceptors (Lipinski definition) is 4. The predicted octanol–water partition coefficient (Wildman–Crippen LogP) is 2.72. The molecule has 0 radical (unpaired) electrons. The summed E-state index contributed by atoms with van der Waals surface area (Å²) >= 11 is 0. The summed E-state index contributed by atoms with van der Waals surface area (Å²) in [5, 5.41) is 7.69. The van der Waals surface area contributed by atoms with Crippen LogP contribution in [-0.4, -0.2) is 22.7 Å². The molecule has 3 atom stereocenters. The lowest BCUT2D eigenvalue weighted by Gasteiger charge is -2.39. The van der Waals surface area contributed by atoms with E-state index in [9.17, 15) is 0 Å². The normalized spacial score (nSPS) is 36.0. The van der Waals surface area contributed by atoms with E-state index < -0.39 is 0 Å². The monoisotopic (exact) mass is 263 g/mol. The third-order valence-electron chi connectivity index (χ3n) is 6.10. The summed E-state index contributed by atoms with van der Waals surface area (Å²) in [5.41, 5.74) is 0.929. The van der Waals surface area contributed by atoms with Crippen molar-refractivity contribution in [1.29, 1.82) is 0 Å². The Hall–Kier alpha value is -0.900. The van der Waals surface area contributed by atoms with Gasteiger partial charge >= 0.3 is 0 Å². The predicted molar refractivity (Wildman–Crippen MR) is 73.8 cm³/mol. The van der Waals surface area contributed by atoms with Gasteiger partial charge < -0.3 is 9.84 Å². The van der Waals surface area contributed by atoms with E-state index in [0.29, 0.717) is 22.8 Å². The van der Waals surface area contributed by atoms with Crippen LogP contribution in [-0.2, 0) is 6.42 Å². The summed E-state index contributed by atoms with van der Waals surface area (Å²) in [6.07, 6.45) is 4.96. The molecule has 0 spiro atoms. The Labute approximate surface area is 115 Å². The topological polar surface area (TPSA) is 51.0 Å². The Balaban J connectivity index is 1.57. The van der Waals surface area contributed by atoms with Crippen LogP contribution in [0.3, 0.4) is 0 Å². The molecular weight excluding hydrogens is 238 g/mol. The Morgan fingerprint density at radius 3 is 2.68 bits per heavy atom. The molecule has 19 heavy (non-hydrogen) atoms. The Bertz CT molecular complexity index is 468. The van der Waals surface area contributed by atoms with Crippen molar-refractivity contribution in [2.24, 2.45) is 16.7 Å². The zero-order chi connectivity index (χ0) is 13.7. The second-order valence-corrected chi connectivity index (χ2v) is 7.10. The van der Waals surface area contributed by atoms with Crippen molar-refractivity contribution < 1.29 is 4.52 Å². The summed E-state index contributed by atoms with van der Waals surface area (Å²) < 4.78 is 5.00. The van der Waals surface area contributed by atoms with Gasteiger partial charge in [0.1, 0.15) is 0 Å². The molecule has 4 heteroatoms. The van der Waals surface area contributed by atoms with Crippen LogP contribution in [0.5, 0.6) is 0 Å². The van der Waals surface area contributed by atoms with Gasteiger partial charge in [0.15, 0.2) is 5.82 Å². The third-order valence-corrected chi connectivity index (χ3v) is 6.10. The number of aromatic nitrogens is 2. The van der Waals surface area contributed by atoms with E-state index >= 15 is 0 Å². The molecule has 1 heterocycles. The summed E-state index contributed by atoms with van der Waals surface area (Å²) in [5.74, 6) is 2.36. The van der Waals surface area contributed by atoms with Gasteiger partial charge in [0.05, 0.1) is 0 Å². The molecule has 2 aliphatic carbocycles. The first-order valence-corrected chi connectivity index (χ1v) is 7.46. The van der Waals surface area contributed by atoms with Crippen molar-refractivity contribution in [3.8, 4) is 0 Å². The smallest absolute Gasteiger partial charge is 0.223 e. The summed E-state index contributed by atoms with van der Waals surface area (Å²) in [6, 6.07) is 0.647. The van der Waals surface area contributed by atoms with Crippen LogP contribution in [0.15, 0.2) is 4.52 Å². The van der Waals surface area contributed by atoms with Gasteiger partial charge in [0, 0.05) is 25.9 Å². The molecule has 2 bridgehead atoms. The average molecular weight is 263 g/mol. The van der Waals surface area contributed by atoms with Crippen molar-refractivity contribution in [1.82, 2.24) is 15.5 Å². The molecule has 0 aromatic carbocycles. The highest BCUT2D eigenvalue weighted by Gasteiger charge is 2.60. The number of nitrogens with zero attached hydrogens (tertiary/aromatic N) is 2.